The first-order chi connectivity index (χ1) is 10.0. The molecule has 0 spiro atoms. The van der Waals surface area contributed by atoms with Gasteiger partial charge in [-0.15, -0.1) is 0 Å². The van der Waals surface area contributed by atoms with Gasteiger partial charge < -0.3 is 16.2 Å². The number of benzene rings is 2. The summed E-state index contributed by atoms with van der Waals surface area (Å²) in [5, 5.41) is 12.8. The second kappa shape index (κ2) is 6.41. The number of hydrogen-bond acceptors (Lipinski definition) is 3. The molecule has 2 rings (SSSR count). The van der Waals surface area contributed by atoms with E-state index in [0.29, 0.717) is 29.8 Å². The summed E-state index contributed by atoms with van der Waals surface area (Å²) in [5.74, 6) is 0.0217. The SMILES string of the molecule is Cc1ccc(NC(=O)c2ccccc2CCN)c(C)c1O. The number of phenolic OH excluding ortho intramolecular Hbond substituents is 1. The predicted molar refractivity (Wildman–Crippen MR) is 84.7 cm³/mol. The number of aromatic hydroxyl groups is 1. The third-order valence-corrected chi connectivity index (χ3v) is 3.56. The minimum absolute atomic E-state index is 0.189. The fourth-order valence-corrected chi connectivity index (χ4v) is 2.28. The molecule has 0 saturated carbocycles. The van der Waals surface area contributed by atoms with E-state index in [9.17, 15) is 9.90 Å². The zero-order chi connectivity index (χ0) is 15.4. The summed E-state index contributed by atoms with van der Waals surface area (Å²) < 4.78 is 0. The van der Waals surface area contributed by atoms with E-state index in [1.807, 2.05) is 25.1 Å². The summed E-state index contributed by atoms with van der Waals surface area (Å²) in [4.78, 5) is 12.4. The maximum absolute atomic E-state index is 12.4. The molecule has 0 aliphatic rings. The highest BCUT2D eigenvalue weighted by Gasteiger charge is 2.13. The van der Waals surface area contributed by atoms with Crippen molar-refractivity contribution in [2.45, 2.75) is 20.3 Å². The van der Waals surface area contributed by atoms with Crippen molar-refractivity contribution < 1.29 is 9.90 Å². The molecule has 4 N–H and O–H groups in total. The Morgan fingerprint density at radius 2 is 1.90 bits per heavy atom. The van der Waals surface area contributed by atoms with Crippen molar-refractivity contribution in [2.24, 2.45) is 5.73 Å². The van der Waals surface area contributed by atoms with Gasteiger partial charge in [0.15, 0.2) is 0 Å². The fourth-order valence-electron chi connectivity index (χ4n) is 2.28. The molecule has 2 aromatic rings. The first-order valence-electron chi connectivity index (χ1n) is 6.93. The van der Waals surface area contributed by atoms with Crippen LogP contribution in [0.4, 0.5) is 5.69 Å². The normalized spacial score (nSPS) is 10.4. The van der Waals surface area contributed by atoms with Gasteiger partial charge in [0, 0.05) is 16.8 Å². The molecule has 0 aromatic heterocycles. The monoisotopic (exact) mass is 284 g/mol. The van der Waals surface area contributed by atoms with E-state index in [0.717, 1.165) is 11.1 Å². The van der Waals surface area contributed by atoms with E-state index >= 15 is 0 Å². The van der Waals surface area contributed by atoms with Gasteiger partial charge in [-0.1, -0.05) is 24.3 Å². The largest absolute Gasteiger partial charge is 0.507 e. The van der Waals surface area contributed by atoms with Crippen molar-refractivity contribution in [3.63, 3.8) is 0 Å². The van der Waals surface area contributed by atoms with E-state index in [-0.39, 0.29) is 11.7 Å². The summed E-state index contributed by atoms with van der Waals surface area (Å²) >= 11 is 0. The van der Waals surface area contributed by atoms with Crippen molar-refractivity contribution in [3.8, 4) is 5.75 Å². The van der Waals surface area contributed by atoms with Crippen LogP contribution in [0.25, 0.3) is 0 Å². The Morgan fingerprint density at radius 3 is 2.62 bits per heavy atom. The Labute approximate surface area is 124 Å². The Bertz CT molecular complexity index is 666. The number of nitrogens with two attached hydrogens (primary N) is 1. The maximum Gasteiger partial charge on any atom is 0.255 e. The lowest BCUT2D eigenvalue weighted by atomic mass is 10.0. The van der Waals surface area contributed by atoms with Gasteiger partial charge in [0.05, 0.1) is 0 Å². The van der Waals surface area contributed by atoms with Gasteiger partial charge in [-0.3, -0.25) is 4.79 Å². The van der Waals surface area contributed by atoms with Crippen LogP contribution in [0.2, 0.25) is 0 Å². The van der Waals surface area contributed by atoms with E-state index in [2.05, 4.69) is 5.32 Å². The molecule has 4 nitrogen and oxygen atoms in total. The van der Waals surface area contributed by atoms with Crippen LogP contribution in [-0.4, -0.2) is 17.6 Å². The number of amides is 1. The number of nitrogens with one attached hydrogen (secondary N) is 1. The van der Waals surface area contributed by atoms with E-state index in [4.69, 9.17) is 5.73 Å². The van der Waals surface area contributed by atoms with Gasteiger partial charge in [0.25, 0.3) is 5.91 Å². The van der Waals surface area contributed by atoms with Crippen LogP contribution in [0.3, 0.4) is 0 Å². The summed E-state index contributed by atoms with van der Waals surface area (Å²) in [6, 6.07) is 11.0. The van der Waals surface area contributed by atoms with Crippen molar-refractivity contribution >= 4 is 11.6 Å². The van der Waals surface area contributed by atoms with Gasteiger partial charge >= 0.3 is 0 Å². The maximum atomic E-state index is 12.4. The molecular weight excluding hydrogens is 264 g/mol. The number of rotatable bonds is 4. The van der Waals surface area contributed by atoms with Gasteiger partial charge in [0.2, 0.25) is 0 Å². The standard InChI is InChI=1S/C17H20N2O2/c1-11-7-8-15(12(2)16(11)20)19-17(21)14-6-4-3-5-13(14)9-10-18/h3-8,20H,9-10,18H2,1-2H3,(H,19,21). The summed E-state index contributed by atoms with van der Waals surface area (Å²) in [6.07, 6.45) is 0.654. The number of hydrogen-bond donors (Lipinski definition) is 3. The second-order valence-electron chi connectivity index (χ2n) is 5.05. The van der Waals surface area contributed by atoms with Crippen LogP contribution >= 0.6 is 0 Å². The third-order valence-electron chi connectivity index (χ3n) is 3.56. The topological polar surface area (TPSA) is 75.4 Å². The molecule has 4 heteroatoms. The molecule has 110 valence electrons. The number of aryl methyl sites for hydroxylation is 1. The Hall–Kier alpha value is -2.33. The molecule has 0 bridgehead atoms. The van der Waals surface area contributed by atoms with Crippen molar-refractivity contribution in [2.75, 3.05) is 11.9 Å². The van der Waals surface area contributed by atoms with Gasteiger partial charge in [-0.2, -0.15) is 0 Å². The lowest BCUT2D eigenvalue weighted by Crippen LogP contribution is -2.16. The van der Waals surface area contributed by atoms with E-state index in [1.165, 1.54) is 0 Å². The minimum Gasteiger partial charge on any atom is -0.507 e. The van der Waals surface area contributed by atoms with Crippen LogP contribution in [0.1, 0.15) is 27.0 Å². The fraction of sp³-hybridized carbons (Fsp3) is 0.235. The minimum atomic E-state index is -0.189. The highest BCUT2D eigenvalue weighted by atomic mass is 16.3. The molecule has 0 radical (unpaired) electrons. The molecular formula is C17H20N2O2. The third kappa shape index (κ3) is 3.23. The highest BCUT2D eigenvalue weighted by molar-refractivity contribution is 6.05. The van der Waals surface area contributed by atoms with E-state index in [1.54, 1.807) is 25.1 Å². The van der Waals surface area contributed by atoms with Gasteiger partial charge in [0.1, 0.15) is 5.75 Å². The number of carbonyl (C=O) groups excluding carboxylic acids is 1. The average Bonchev–Trinajstić information content (AvgIpc) is 2.49. The molecule has 0 unspecified atom stereocenters. The lowest BCUT2D eigenvalue weighted by Gasteiger charge is -2.13. The smallest absolute Gasteiger partial charge is 0.255 e. The molecule has 0 atom stereocenters. The molecule has 0 fully saturated rings. The summed E-state index contributed by atoms with van der Waals surface area (Å²) in [6.45, 7) is 4.10. The molecule has 2 aromatic carbocycles. The van der Waals surface area contributed by atoms with E-state index < -0.39 is 0 Å². The molecule has 21 heavy (non-hydrogen) atoms. The lowest BCUT2D eigenvalue weighted by molar-refractivity contribution is 0.102. The average molecular weight is 284 g/mol. The van der Waals surface area contributed by atoms with Crippen LogP contribution < -0.4 is 11.1 Å². The van der Waals surface area contributed by atoms with Crippen molar-refractivity contribution in [1.29, 1.82) is 0 Å². The molecule has 0 saturated heterocycles. The first-order valence-corrected chi connectivity index (χ1v) is 6.93. The quantitative estimate of drug-likeness (QED) is 0.808. The summed E-state index contributed by atoms with van der Waals surface area (Å²) in [7, 11) is 0. The van der Waals surface area contributed by atoms with Gasteiger partial charge in [-0.05, 0) is 50.1 Å². The molecule has 0 heterocycles. The predicted octanol–water partition coefficient (Wildman–Crippen LogP) is 2.76. The van der Waals surface area contributed by atoms with Crippen LogP contribution in [0.15, 0.2) is 36.4 Å². The number of carbonyl (C=O) groups is 1. The van der Waals surface area contributed by atoms with Crippen molar-refractivity contribution in [1.82, 2.24) is 0 Å². The molecule has 0 aliphatic carbocycles. The number of phenols is 1. The first kappa shape index (κ1) is 15.1. The Morgan fingerprint density at radius 1 is 1.19 bits per heavy atom. The van der Waals surface area contributed by atoms with Crippen LogP contribution in [0, 0.1) is 13.8 Å². The number of anilines is 1. The van der Waals surface area contributed by atoms with Crippen LogP contribution in [0.5, 0.6) is 5.75 Å². The zero-order valence-electron chi connectivity index (χ0n) is 12.3. The van der Waals surface area contributed by atoms with Crippen molar-refractivity contribution in [3.05, 3.63) is 58.7 Å². The zero-order valence-corrected chi connectivity index (χ0v) is 12.3. The Kier molecular flexibility index (Phi) is 4.60. The van der Waals surface area contributed by atoms with Gasteiger partial charge in [-0.25, -0.2) is 0 Å². The molecule has 1 amide bonds. The highest BCUT2D eigenvalue weighted by Crippen LogP contribution is 2.28. The Balaban J connectivity index is 2.29. The van der Waals surface area contributed by atoms with Crippen LogP contribution in [-0.2, 0) is 6.42 Å². The summed E-state index contributed by atoms with van der Waals surface area (Å²) in [5.41, 5.74) is 9.18. The molecule has 0 aliphatic heterocycles. The second-order valence-corrected chi connectivity index (χ2v) is 5.05.